The van der Waals surface area contributed by atoms with Crippen LogP contribution in [0.2, 0.25) is 0 Å². The molecule has 1 fully saturated rings. The maximum atomic E-state index is 12.4. The molecule has 0 unspecified atom stereocenters. The molecular formula is C16H23N3OS. The summed E-state index contributed by atoms with van der Waals surface area (Å²) in [5.74, 6) is 0.180. The topological polar surface area (TPSA) is 49.6 Å². The van der Waals surface area contributed by atoms with Gasteiger partial charge < -0.3 is 10.6 Å². The number of hydrogen-bond donors (Lipinski definition) is 1. The van der Waals surface area contributed by atoms with Crippen molar-refractivity contribution in [3.05, 3.63) is 35.4 Å². The van der Waals surface area contributed by atoms with Gasteiger partial charge in [-0.3, -0.25) is 9.69 Å². The van der Waals surface area contributed by atoms with Crippen LogP contribution in [-0.2, 0) is 11.2 Å². The van der Waals surface area contributed by atoms with Crippen LogP contribution in [0.1, 0.15) is 25.0 Å². The lowest BCUT2D eigenvalue weighted by Crippen LogP contribution is -2.59. The quantitative estimate of drug-likeness (QED) is 0.858. The molecule has 1 aliphatic heterocycles. The Balaban J connectivity index is 2.00. The zero-order valence-electron chi connectivity index (χ0n) is 12.9. The lowest BCUT2D eigenvalue weighted by atomic mass is 9.99. The number of amides is 1. The highest BCUT2D eigenvalue weighted by Crippen LogP contribution is 2.19. The molecule has 0 aliphatic carbocycles. The van der Waals surface area contributed by atoms with Crippen molar-refractivity contribution in [3.63, 3.8) is 0 Å². The van der Waals surface area contributed by atoms with Gasteiger partial charge in [-0.15, -0.1) is 0 Å². The Hall–Kier alpha value is -1.46. The minimum Gasteiger partial charge on any atom is -0.389 e. The lowest BCUT2D eigenvalue weighted by molar-refractivity contribution is -0.135. The fourth-order valence-corrected chi connectivity index (χ4v) is 2.66. The molecule has 0 atom stereocenters. The van der Waals surface area contributed by atoms with Gasteiger partial charge in [0.05, 0.1) is 6.42 Å². The van der Waals surface area contributed by atoms with Crippen LogP contribution in [0.5, 0.6) is 0 Å². The van der Waals surface area contributed by atoms with E-state index in [0.29, 0.717) is 11.4 Å². The SMILES string of the molecule is CN1CCN(C(=O)Cc2ccc(C(N)=S)cc2)CC1(C)C. The van der Waals surface area contributed by atoms with Crippen molar-refractivity contribution in [2.45, 2.75) is 25.8 Å². The van der Waals surface area contributed by atoms with Crippen LogP contribution >= 0.6 is 12.2 Å². The Morgan fingerprint density at radius 2 is 1.90 bits per heavy atom. The average Bonchev–Trinajstić information content (AvgIpc) is 2.42. The normalized spacial score (nSPS) is 18.5. The number of piperazine rings is 1. The van der Waals surface area contributed by atoms with E-state index < -0.39 is 0 Å². The highest BCUT2D eigenvalue weighted by atomic mass is 32.1. The summed E-state index contributed by atoms with van der Waals surface area (Å²) in [6, 6.07) is 7.60. The predicted octanol–water partition coefficient (Wildman–Crippen LogP) is 1.42. The number of thiocarbonyl (C=S) groups is 1. The molecule has 0 radical (unpaired) electrons. The highest BCUT2D eigenvalue weighted by molar-refractivity contribution is 7.80. The van der Waals surface area contributed by atoms with Crippen LogP contribution < -0.4 is 5.73 Å². The first-order valence-electron chi connectivity index (χ1n) is 7.17. The number of rotatable bonds is 3. The number of likely N-dealkylation sites (N-methyl/N-ethyl adjacent to an activating group) is 1. The van der Waals surface area contributed by atoms with Gasteiger partial charge in [-0.1, -0.05) is 36.5 Å². The Kier molecular flexibility index (Phi) is 4.64. The number of nitrogens with zero attached hydrogens (tertiary/aromatic N) is 2. The number of carbonyl (C=O) groups is 1. The van der Waals surface area contributed by atoms with E-state index in [1.807, 2.05) is 29.2 Å². The van der Waals surface area contributed by atoms with E-state index >= 15 is 0 Å². The molecule has 1 amide bonds. The Bertz CT molecular complexity index is 539. The molecule has 114 valence electrons. The summed E-state index contributed by atoms with van der Waals surface area (Å²) in [6.07, 6.45) is 0.428. The molecule has 1 saturated heterocycles. The summed E-state index contributed by atoms with van der Waals surface area (Å²) in [6.45, 7) is 6.82. The molecule has 2 rings (SSSR count). The van der Waals surface area contributed by atoms with Crippen LogP contribution in [0.15, 0.2) is 24.3 Å². The molecule has 1 aromatic rings. The average molecular weight is 305 g/mol. The second-order valence-corrected chi connectivity index (χ2v) is 6.73. The first-order valence-corrected chi connectivity index (χ1v) is 7.58. The molecule has 1 heterocycles. The van der Waals surface area contributed by atoms with E-state index in [-0.39, 0.29) is 11.4 Å². The smallest absolute Gasteiger partial charge is 0.227 e. The largest absolute Gasteiger partial charge is 0.389 e. The fourth-order valence-electron chi connectivity index (χ4n) is 2.53. The van der Waals surface area contributed by atoms with Crippen LogP contribution in [0.25, 0.3) is 0 Å². The molecule has 0 aromatic heterocycles. The number of carbonyl (C=O) groups excluding carboxylic acids is 1. The van der Waals surface area contributed by atoms with Gasteiger partial charge in [0.2, 0.25) is 5.91 Å². The van der Waals surface area contributed by atoms with E-state index in [9.17, 15) is 4.79 Å². The first-order chi connectivity index (χ1) is 9.79. The summed E-state index contributed by atoms with van der Waals surface area (Å²) in [7, 11) is 2.11. The van der Waals surface area contributed by atoms with Crippen molar-refractivity contribution in [2.75, 3.05) is 26.7 Å². The fraction of sp³-hybridized carbons (Fsp3) is 0.500. The van der Waals surface area contributed by atoms with Gasteiger partial charge in [0.15, 0.2) is 0 Å². The molecule has 1 aromatic carbocycles. The van der Waals surface area contributed by atoms with Crippen molar-refractivity contribution >= 4 is 23.1 Å². The Morgan fingerprint density at radius 1 is 1.29 bits per heavy atom. The standard InChI is InChI=1S/C16H23N3OS/c1-16(2)11-19(9-8-18(16)3)14(20)10-12-4-6-13(7-5-12)15(17)21/h4-7H,8-11H2,1-3H3,(H2,17,21). The molecule has 4 nitrogen and oxygen atoms in total. The second kappa shape index (κ2) is 6.12. The number of hydrogen-bond acceptors (Lipinski definition) is 3. The van der Waals surface area contributed by atoms with E-state index in [4.69, 9.17) is 18.0 Å². The summed E-state index contributed by atoms with van der Waals surface area (Å²) in [5.41, 5.74) is 7.44. The van der Waals surface area contributed by atoms with Gasteiger partial charge >= 0.3 is 0 Å². The first kappa shape index (κ1) is 15.9. The van der Waals surface area contributed by atoms with Crippen LogP contribution in [0, 0.1) is 0 Å². The number of nitrogens with two attached hydrogens (primary N) is 1. The monoisotopic (exact) mass is 305 g/mol. The minimum absolute atomic E-state index is 0.0313. The maximum Gasteiger partial charge on any atom is 0.227 e. The summed E-state index contributed by atoms with van der Waals surface area (Å²) in [4.78, 5) is 17.1. The maximum absolute atomic E-state index is 12.4. The van der Waals surface area contributed by atoms with Crippen LogP contribution in [0.4, 0.5) is 0 Å². The molecule has 21 heavy (non-hydrogen) atoms. The van der Waals surface area contributed by atoms with Crippen molar-refractivity contribution in [1.82, 2.24) is 9.80 Å². The minimum atomic E-state index is 0.0313. The van der Waals surface area contributed by atoms with E-state index in [1.54, 1.807) is 0 Å². The van der Waals surface area contributed by atoms with Gasteiger partial charge in [0, 0.05) is 30.7 Å². The molecule has 0 bridgehead atoms. The predicted molar refractivity (Wildman–Crippen MR) is 89.3 cm³/mol. The van der Waals surface area contributed by atoms with Crippen molar-refractivity contribution in [3.8, 4) is 0 Å². The Morgan fingerprint density at radius 3 is 2.43 bits per heavy atom. The molecule has 1 aliphatic rings. The van der Waals surface area contributed by atoms with E-state index in [1.165, 1.54) is 0 Å². The third-order valence-electron chi connectivity index (χ3n) is 4.26. The van der Waals surface area contributed by atoms with Crippen LogP contribution in [-0.4, -0.2) is 52.9 Å². The molecular weight excluding hydrogens is 282 g/mol. The number of benzene rings is 1. The Labute approximate surface area is 131 Å². The molecule has 0 saturated carbocycles. The molecule has 0 spiro atoms. The van der Waals surface area contributed by atoms with E-state index in [2.05, 4.69) is 25.8 Å². The summed E-state index contributed by atoms with van der Waals surface area (Å²) in [5, 5.41) is 0. The van der Waals surface area contributed by atoms with Crippen molar-refractivity contribution in [2.24, 2.45) is 5.73 Å². The second-order valence-electron chi connectivity index (χ2n) is 6.29. The van der Waals surface area contributed by atoms with Gasteiger partial charge in [-0.2, -0.15) is 0 Å². The van der Waals surface area contributed by atoms with Crippen molar-refractivity contribution in [1.29, 1.82) is 0 Å². The van der Waals surface area contributed by atoms with Gasteiger partial charge in [0.25, 0.3) is 0 Å². The van der Waals surface area contributed by atoms with Gasteiger partial charge in [0.1, 0.15) is 4.99 Å². The third-order valence-corrected chi connectivity index (χ3v) is 4.50. The van der Waals surface area contributed by atoms with E-state index in [0.717, 1.165) is 30.8 Å². The van der Waals surface area contributed by atoms with Crippen LogP contribution in [0.3, 0.4) is 0 Å². The zero-order chi connectivity index (χ0) is 15.6. The summed E-state index contributed by atoms with van der Waals surface area (Å²) >= 11 is 4.93. The van der Waals surface area contributed by atoms with Crippen molar-refractivity contribution < 1.29 is 4.79 Å². The molecule has 2 N–H and O–H groups in total. The van der Waals surface area contributed by atoms with Gasteiger partial charge in [-0.25, -0.2) is 0 Å². The highest BCUT2D eigenvalue weighted by Gasteiger charge is 2.32. The summed E-state index contributed by atoms with van der Waals surface area (Å²) < 4.78 is 0. The lowest BCUT2D eigenvalue weighted by Gasteiger charge is -2.45. The third kappa shape index (κ3) is 3.80. The molecule has 5 heteroatoms. The zero-order valence-corrected chi connectivity index (χ0v) is 13.7. The van der Waals surface area contributed by atoms with Gasteiger partial charge in [-0.05, 0) is 26.5 Å².